The topological polar surface area (TPSA) is 63.3 Å². The van der Waals surface area contributed by atoms with Crippen LogP contribution < -0.4 is 5.73 Å². The molecule has 0 aliphatic heterocycles. The molecule has 1 unspecified atom stereocenters. The molecule has 3 heteroatoms. The average Bonchev–Trinajstić information content (AvgIpc) is 1.85. The lowest BCUT2D eigenvalue weighted by Crippen LogP contribution is -2.45. The monoisotopic (exact) mass is 157 g/mol. The summed E-state index contributed by atoms with van der Waals surface area (Å²) in [7, 11) is 0. The molecule has 0 radical (unpaired) electrons. The number of carboxylic acid groups (broad SMARTS) is 1. The second-order valence-corrected chi connectivity index (χ2v) is 3.22. The second kappa shape index (κ2) is 3.05. The van der Waals surface area contributed by atoms with Gasteiger partial charge in [-0.05, 0) is 12.8 Å². The van der Waals surface area contributed by atoms with Crippen molar-refractivity contribution in [1.82, 2.24) is 0 Å². The van der Waals surface area contributed by atoms with Gasteiger partial charge in [0.1, 0.15) is 0 Å². The zero-order chi connectivity index (χ0) is 9.23. The fourth-order valence-electron chi connectivity index (χ4n) is 0.579. The van der Waals surface area contributed by atoms with Gasteiger partial charge in [-0.2, -0.15) is 0 Å². The normalized spacial score (nSPS) is 16.1. The third-order valence-corrected chi connectivity index (χ3v) is 2.11. The minimum atomic E-state index is -1.02. The van der Waals surface area contributed by atoms with Gasteiger partial charge >= 0.3 is 5.97 Å². The number of aliphatic carboxylic acids is 1. The Bertz CT molecular complexity index is 183. The number of hydrogen-bond donors (Lipinski definition) is 2. The molecule has 3 N–H and O–H groups in total. The average molecular weight is 157 g/mol. The number of carboxylic acids is 1. The van der Waals surface area contributed by atoms with Gasteiger partial charge in [-0.1, -0.05) is 20.4 Å². The van der Waals surface area contributed by atoms with Crippen LogP contribution in [0.25, 0.3) is 0 Å². The largest absolute Gasteiger partial charge is 0.478 e. The summed E-state index contributed by atoms with van der Waals surface area (Å²) >= 11 is 0. The highest BCUT2D eigenvalue weighted by Crippen LogP contribution is 2.20. The van der Waals surface area contributed by atoms with Gasteiger partial charge in [0.05, 0.1) is 0 Å². The van der Waals surface area contributed by atoms with E-state index in [9.17, 15) is 4.79 Å². The van der Waals surface area contributed by atoms with E-state index in [4.69, 9.17) is 10.8 Å². The second-order valence-electron chi connectivity index (χ2n) is 3.22. The number of hydrogen-bond acceptors (Lipinski definition) is 2. The first-order valence-electron chi connectivity index (χ1n) is 3.51. The molecule has 1 atom stereocenters. The van der Waals surface area contributed by atoms with Crippen molar-refractivity contribution in [1.29, 1.82) is 0 Å². The molecule has 0 aliphatic carbocycles. The maximum atomic E-state index is 10.5. The highest BCUT2D eigenvalue weighted by Gasteiger charge is 2.30. The fourth-order valence-corrected chi connectivity index (χ4v) is 0.579. The summed E-state index contributed by atoms with van der Waals surface area (Å²) in [5.41, 5.74) is 4.97. The predicted molar refractivity (Wildman–Crippen MR) is 44.2 cm³/mol. The van der Waals surface area contributed by atoms with Crippen LogP contribution in [0.4, 0.5) is 0 Å². The van der Waals surface area contributed by atoms with E-state index in [1.807, 2.05) is 13.8 Å². The van der Waals surface area contributed by atoms with Gasteiger partial charge in [0.2, 0.25) is 0 Å². The van der Waals surface area contributed by atoms with Gasteiger partial charge < -0.3 is 10.8 Å². The SMILES string of the molecule is C=C(C(=O)O)C(C)(N)C(C)C. The van der Waals surface area contributed by atoms with Crippen molar-refractivity contribution in [3.63, 3.8) is 0 Å². The van der Waals surface area contributed by atoms with Crippen LogP contribution in [0.3, 0.4) is 0 Å². The molecule has 0 bridgehead atoms. The molecule has 0 heterocycles. The molecule has 3 nitrogen and oxygen atoms in total. The zero-order valence-corrected chi connectivity index (χ0v) is 7.22. The molecule has 0 rings (SSSR count). The molecule has 0 spiro atoms. The summed E-state index contributed by atoms with van der Waals surface area (Å²) in [4.78, 5) is 10.5. The van der Waals surface area contributed by atoms with E-state index in [-0.39, 0.29) is 11.5 Å². The fraction of sp³-hybridized carbons (Fsp3) is 0.625. The first-order valence-corrected chi connectivity index (χ1v) is 3.51. The van der Waals surface area contributed by atoms with Crippen LogP contribution in [0.5, 0.6) is 0 Å². The van der Waals surface area contributed by atoms with Crippen molar-refractivity contribution in [2.24, 2.45) is 11.7 Å². The lowest BCUT2D eigenvalue weighted by Gasteiger charge is -2.28. The van der Waals surface area contributed by atoms with Crippen molar-refractivity contribution >= 4 is 5.97 Å². The highest BCUT2D eigenvalue weighted by atomic mass is 16.4. The lowest BCUT2D eigenvalue weighted by molar-refractivity contribution is -0.133. The highest BCUT2D eigenvalue weighted by molar-refractivity contribution is 5.88. The van der Waals surface area contributed by atoms with Crippen molar-refractivity contribution in [3.8, 4) is 0 Å². The van der Waals surface area contributed by atoms with Crippen LogP contribution >= 0.6 is 0 Å². The van der Waals surface area contributed by atoms with Crippen LogP contribution in [0.2, 0.25) is 0 Å². The van der Waals surface area contributed by atoms with Crippen LogP contribution in [-0.2, 0) is 4.79 Å². The first-order chi connectivity index (χ1) is 4.80. The minimum Gasteiger partial charge on any atom is -0.478 e. The summed E-state index contributed by atoms with van der Waals surface area (Å²) in [6.45, 7) is 8.84. The third-order valence-electron chi connectivity index (χ3n) is 2.11. The van der Waals surface area contributed by atoms with Gasteiger partial charge in [0, 0.05) is 11.1 Å². The number of nitrogens with two attached hydrogens (primary N) is 1. The van der Waals surface area contributed by atoms with E-state index in [0.29, 0.717) is 0 Å². The standard InChI is InChI=1S/C8H15NO2/c1-5(2)8(4,9)6(3)7(10)11/h5H,3,9H2,1-2,4H3,(H,10,11). The van der Waals surface area contributed by atoms with Crippen molar-refractivity contribution in [3.05, 3.63) is 12.2 Å². The Hall–Kier alpha value is -0.830. The Morgan fingerprint density at radius 3 is 2.09 bits per heavy atom. The van der Waals surface area contributed by atoms with Gasteiger partial charge in [0.25, 0.3) is 0 Å². The first kappa shape index (κ1) is 10.2. The number of rotatable bonds is 3. The molecule has 0 aromatic rings. The quantitative estimate of drug-likeness (QED) is 0.601. The molecule has 0 aromatic carbocycles. The van der Waals surface area contributed by atoms with Crippen molar-refractivity contribution in [2.75, 3.05) is 0 Å². The molecule has 0 aliphatic rings. The maximum Gasteiger partial charge on any atom is 0.332 e. The van der Waals surface area contributed by atoms with E-state index < -0.39 is 11.5 Å². The molecular weight excluding hydrogens is 142 g/mol. The molecular formula is C8H15NO2. The van der Waals surface area contributed by atoms with E-state index in [1.165, 1.54) is 0 Å². The zero-order valence-electron chi connectivity index (χ0n) is 7.22. The minimum absolute atomic E-state index is 0.0625. The van der Waals surface area contributed by atoms with Gasteiger partial charge in [-0.25, -0.2) is 4.79 Å². The Balaban J connectivity index is 4.56. The van der Waals surface area contributed by atoms with Crippen molar-refractivity contribution < 1.29 is 9.90 Å². The molecule has 0 saturated carbocycles. The number of carbonyl (C=O) groups is 1. The summed E-state index contributed by atoms with van der Waals surface area (Å²) in [5, 5.41) is 8.59. The van der Waals surface area contributed by atoms with Gasteiger partial charge in [-0.15, -0.1) is 0 Å². The molecule has 0 saturated heterocycles. The Kier molecular flexibility index (Phi) is 2.82. The van der Waals surface area contributed by atoms with Crippen molar-refractivity contribution in [2.45, 2.75) is 26.3 Å². The predicted octanol–water partition coefficient (Wildman–Crippen LogP) is 1.00. The lowest BCUT2D eigenvalue weighted by atomic mass is 9.83. The van der Waals surface area contributed by atoms with Gasteiger partial charge in [0.15, 0.2) is 0 Å². The van der Waals surface area contributed by atoms with Crippen LogP contribution in [0.15, 0.2) is 12.2 Å². The van der Waals surface area contributed by atoms with Crippen LogP contribution in [0, 0.1) is 5.92 Å². The van der Waals surface area contributed by atoms with Crippen LogP contribution in [-0.4, -0.2) is 16.6 Å². The molecule has 0 aromatic heterocycles. The third kappa shape index (κ3) is 2.05. The Morgan fingerprint density at radius 2 is 2.00 bits per heavy atom. The molecule has 11 heavy (non-hydrogen) atoms. The molecule has 0 amide bonds. The maximum absolute atomic E-state index is 10.5. The van der Waals surface area contributed by atoms with E-state index in [1.54, 1.807) is 6.92 Å². The summed E-state index contributed by atoms with van der Waals surface area (Å²) in [6, 6.07) is 0. The smallest absolute Gasteiger partial charge is 0.332 e. The molecule has 64 valence electrons. The van der Waals surface area contributed by atoms with E-state index >= 15 is 0 Å². The summed E-state index contributed by atoms with van der Waals surface area (Å²) < 4.78 is 0. The summed E-state index contributed by atoms with van der Waals surface area (Å²) in [5.74, 6) is -0.949. The van der Waals surface area contributed by atoms with Crippen LogP contribution in [0.1, 0.15) is 20.8 Å². The molecule has 0 fully saturated rings. The summed E-state index contributed by atoms with van der Waals surface area (Å²) in [6.07, 6.45) is 0. The van der Waals surface area contributed by atoms with E-state index in [2.05, 4.69) is 6.58 Å². The van der Waals surface area contributed by atoms with Gasteiger partial charge in [-0.3, -0.25) is 0 Å². The Morgan fingerprint density at radius 1 is 1.64 bits per heavy atom. The Labute approximate surface area is 66.9 Å². The van der Waals surface area contributed by atoms with E-state index in [0.717, 1.165) is 0 Å².